The fourth-order valence-corrected chi connectivity index (χ4v) is 1.38. The van der Waals surface area contributed by atoms with Gasteiger partial charge in [-0.25, -0.2) is 13.6 Å². The third-order valence-electron chi connectivity index (χ3n) is 1.59. The van der Waals surface area contributed by atoms with Crippen LogP contribution in [0.15, 0.2) is 10.7 Å². The highest BCUT2D eigenvalue weighted by Gasteiger charge is 2.24. The quantitative estimate of drug-likeness (QED) is 0.900. The second-order valence-electron chi connectivity index (χ2n) is 2.46. The number of hydrogen-bond donors (Lipinski definition) is 1. The second-order valence-corrected chi connectivity index (χ2v) is 3.31. The number of rotatable bonds is 2. The number of aromatic nitrogens is 1. The van der Waals surface area contributed by atoms with Crippen LogP contribution in [-0.4, -0.2) is 16.1 Å². The molecule has 0 saturated carbocycles. The molecule has 0 spiro atoms. The minimum atomic E-state index is -3.03. The minimum Gasteiger partial charge on any atom is -0.478 e. The number of halogens is 3. The average Bonchev–Trinajstić information content (AvgIpc) is 2.16. The molecule has 1 rings (SSSR count). The van der Waals surface area contributed by atoms with Crippen LogP contribution in [0.1, 0.15) is 28.0 Å². The van der Waals surface area contributed by atoms with Gasteiger partial charge in [-0.2, -0.15) is 5.26 Å². The molecule has 0 aliphatic heterocycles. The molecule has 0 radical (unpaired) electrons. The van der Waals surface area contributed by atoms with Crippen molar-refractivity contribution in [2.75, 3.05) is 0 Å². The number of nitriles is 1. The Morgan fingerprint density at radius 1 is 1.67 bits per heavy atom. The number of aromatic carboxylic acids is 1. The van der Waals surface area contributed by atoms with Gasteiger partial charge in [0, 0.05) is 6.20 Å². The molecule has 0 atom stereocenters. The number of carboxylic acid groups (broad SMARTS) is 1. The van der Waals surface area contributed by atoms with Crippen molar-refractivity contribution < 1.29 is 18.7 Å². The minimum absolute atomic E-state index is 0.0757. The van der Waals surface area contributed by atoms with E-state index >= 15 is 0 Å². The van der Waals surface area contributed by atoms with E-state index in [1.165, 1.54) is 6.07 Å². The summed E-state index contributed by atoms with van der Waals surface area (Å²) in [5.41, 5.74) is -2.02. The Hall–Kier alpha value is -1.55. The topological polar surface area (TPSA) is 74.0 Å². The molecular weight excluding hydrogens is 274 g/mol. The SMILES string of the molecule is N#Cc1c(Br)cnc(C(F)F)c1C(=O)O. The molecule has 4 nitrogen and oxygen atoms in total. The summed E-state index contributed by atoms with van der Waals surface area (Å²) in [5.74, 6) is -1.60. The van der Waals surface area contributed by atoms with E-state index in [2.05, 4.69) is 20.9 Å². The molecule has 0 bridgehead atoms. The van der Waals surface area contributed by atoms with Crippen LogP contribution < -0.4 is 0 Å². The van der Waals surface area contributed by atoms with Crippen LogP contribution >= 0.6 is 15.9 Å². The normalized spacial score (nSPS) is 10.1. The highest BCUT2D eigenvalue weighted by Crippen LogP contribution is 2.27. The highest BCUT2D eigenvalue weighted by molar-refractivity contribution is 9.10. The first kappa shape index (κ1) is 11.5. The fourth-order valence-electron chi connectivity index (χ4n) is 0.994. The third-order valence-corrected chi connectivity index (χ3v) is 2.20. The molecule has 0 saturated heterocycles. The molecule has 0 aliphatic carbocycles. The van der Waals surface area contributed by atoms with Crippen LogP contribution in [0.4, 0.5) is 8.78 Å². The van der Waals surface area contributed by atoms with Gasteiger partial charge in [0.15, 0.2) is 0 Å². The van der Waals surface area contributed by atoms with Crippen LogP contribution in [0.2, 0.25) is 0 Å². The number of hydrogen-bond acceptors (Lipinski definition) is 3. The van der Waals surface area contributed by atoms with Gasteiger partial charge < -0.3 is 5.11 Å². The van der Waals surface area contributed by atoms with E-state index in [4.69, 9.17) is 10.4 Å². The average molecular weight is 277 g/mol. The van der Waals surface area contributed by atoms with Gasteiger partial charge in [-0.05, 0) is 15.9 Å². The number of pyridine rings is 1. The summed E-state index contributed by atoms with van der Waals surface area (Å²) in [5, 5.41) is 17.3. The molecule has 0 unspecified atom stereocenters. The summed E-state index contributed by atoms with van der Waals surface area (Å²) in [6, 6.07) is 1.54. The van der Waals surface area contributed by atoms with E-state index in [0.29, 0.717) is 0 Å². The summed E-state index contributed by atoms with van der Waals surface area (Å²) in [6.45, 7) is 0. The van der Waals surface area contributed by atoms with E-state index in [9.17, 15) is 13.6 Å². The van der Waals surface area contributed by atoms with Crippen molar-refractivity contribution in [3.05, 3.63) is 27.5 Å². The molecule has 1 N–H and O–H groups in total. The Labute approximate surface area is 91.3 Å². The maximum atomic E-state index is 12.4. The lowest BCUT2D eigenvalue weighted by Crippen LogP contribution is -2.09. The Kier molecular flexibility index (Phi) is 3.31. The lowest BCUT2D eigenvalue weighted by atomic mass is 10.1. The zero-order chi connectivity index (χ0) is 11.6. The summed E-state index contributed by atoms with van der Waals surface area (Å²) in [6.07, 6.45) is -2.05. The molecule has 0 aliphatic rings. The first-order chi connectivity index (χ1) is 6.99. The zero-order valence-corrected chi connectivity index (χ0v) is 8.62. The van der Waals surface area contributed by atoms with Gasteiger partial charge >= 0.3 is 5.97 Å². The Morgan fingerprint density at radius 3 is 2.67 bits per heavy atom. The fraction of sp³-hybridized carbons (Fsp3) is 0.125. The van der Waals surface area contributed by atoms with Crippen LogP contribution in [0.3, 0.4) is 0 Å². The number of alkyl halides is 2. The number of carbonyl (C=O) groups is 1. The van der Waals surface area contributed by atoms with Crippen molar-refractivity contribution in [2.24, 2.45) is 0 Å². The monoisotopic (exact) mass is 276 g/mol. The zero-order valence-electron chi connectivity index (χ0n) is 7.04. The standard InChI is InChI=1S/C8H3BrF2N2O2/c9-4-2-13-6(7(10)11)5(8(14)15)3(4)1-12/h2,7H,(H,14,15). The molecule has 0 aromatic carbocycles. The molecule has 0 fully saturated rings. The molecular formula is C8H3BrF2N2O2. The molecule has 1 heterocycles. The van der Waals surface area contributed by atoms with Crippen LogP contribution in [0.5, 0.6) is 0 Å². The maximum absolute atomic E-state index is 12.4. The predicted octanol–water partition coefficient (Wildman–Crippen LogP) is 2.35. The van der Waals surface area contributed by atoms with Crippen LogP contribution in [0, 0.1) is 11.3 Å². The smallest absolute Gasteiger partial charge is 0.339 e. The van der Waals surface area contributed by atoms with Gasteiger partial charge in [0.2, 0.25) is 0 Å². The van der Waals surface area contributed by atoms with Gasteiger partial charge in [-0.15, -0.1) is 0 Å². The molecule has 1 aromatic heterocycles. The van der Waals surface area contributed by atoms with E-state index in [1.807, 2.05) is 0 Å². The highest BCUT2D eigenvalue weighted by atomic mass is 79.9. The Bertz CT molecular complexity index is 457. The lowest BCUT2D eigenvalue weighted by Gasteiger charge is -2.06. The van der Waals surface area contributed by atoms with Crippen LogP contribution in [-0.2, 0) is 0 Å². The lowest BCUT2D eigenvalue weighted by molar-refractivity contribution is 0.0681. The predicted molar refractivity (Wildman–Crippen MR) is 48.6 cm³/mol. The van der Waals surface area contributed by atoms with Gasteiger partial charge in [0.05, 0.1) is 10.0 Å². The number of carboxylic acids is 1. The van der Waals surface area contributed by atoms with Crippen molar-refractivity contribution >= 4 is 21.9 Å². The van der Waals surface area contributed by atoms with Gasteiger partial charge in [-0.3, -0.25) is 4.98 Å². The largest absolute Gasteiger partial charge is 0.478 e. The number of nitrogens with zero attached hydrogens (tertiary/aromatic N) is 2. The Balaban J connectivity index is 3.58. The molecule has 7 heteroatoms. The molecule has 15 heavy (non-hydrogen) atoms. The second kappa shape index (κ2) is 4.31. The maximum Gasteiger partial charge on any atom is 0.339 e. The van der Waals surface area contributed by atoms with Crippen molar-refractivity contribution in [2.45, 2.75) is 6.43 Å². The van der Waals surface area contributed by atoms with Crippen LogP contribution in [0.25, 0.3) is 0 Å². The van der Waals surface area contributed by atoms with E-state index in [-0.39, 0.29) is 10.0 Å². The summed E-state index contributed by atoms with van der Waals surface area (Å²) in [7, 11) is 0. The van der Waals surface area contributed by atoms with Gasteiger partial charge in [0.25, 0.3) is 6.43 Å². The van der Waals surface area contributed by atoms with Crippen molar-refractivity contribution in [1.82, 2.24) is 4.98 Å². The molecule has 0 amide bonds. The summed E-state index contributed by atoms with van der Waals surface area (Å²) >= 11 is 2.87. The summed E-state index contributed by atoms with van der Waals surface area (Å²) < 4.78 is 24.8. The summed E-state index contributed by atoms with van der Waals surface area (Å²) in [4.78, 5) is 14.0. The Morgan fingerprint density at radius 2 is 2.27 bits per heavy atom. The molecule has 1 aromatic rings. The first-order valence-electron chi connectivity index (χ1n) is 3.59. The van der Waals surface area contributed by atoms with E-state index in [0.717, 1.165) is 6.20 Å². The first-order valence-corrected chi connectivity index (χ1v) is 4.38. The third kappa shape index (κ3) is 2.10. The van der Waals surface area contributed by atoms with Crippen molar-refractivity contribution in [1.29, 1.82) is 5.26 Å². The van der Waals surface area contributed by atoms with E-state index < -0.39 is 23.7 Å². The van der Waals surface area contributed by atoms with Gasteiger partial charge in [0.1, 0.15) is 17.3 Å². The van der Waals surface area contributed by atoms with Gasteiger partial charge in [-0.1, -0.05) is 0 Å². The van der Waals surface area contributed by atoms with Crippen molar-refractivity contribution in [3.63, 3.8) is 0 Å². The van der Waals surface area contributed by atoms with E-state index in [1.54, 1.807) is 0 Å². The van der Waals surface area contributed by atoms with Crippen molar-refractivity contribution in [3.8, 4) is 6.07 Å². The molecule has 78 valence electrons.